The number of carboxylic acid groups (broad SMARTS) is 1. The molecule has 1 amide bonds. The van der Waals surface area contributed by atoms with E-state index in [1.165, 1.54) is 0 Å². The number of nitrogens with zero attached hydrogens (tertiary/aromatic N) is 2. The summed E-state index contributed by atoms with van der Waals surface area (Å²) in [7, 11) is 0. The lowest BCUT2D eigenvalue weighted by Gasteiger charge is -2.29. The van der Waals surface area contributed by atoms with Gasteiger partial charge in [-0.3, -0.25) is 9.59 Å². The zero-order valence-electron chi connectivity index (χ0n) is 16.3. The number of carbonyl (C=O) groups is 2. The fourth-order valence-corrected chi connectivity index (χ4v) is 4.22. The van der Waals surface area contributed by atoms with Crippen molar-refractivity contribution < 1.29 is 14.7 Å². The van der Waals surface area contributed by atoms with Gasteiger partial charge in [0.25, 0.3) is 5.91 Å². The minimum atomic E-state index is -0.770. The minimum Gasteiger partial charge on any atom is -0.481 e. The molecule has 3 N–H and O–H groups in total. The molecule has 2 fully saturated rings. The van der Waals surface area contributed by atoms with Crippen LogP contribution in [0.25, 0.3) is 0 Å². The van der Waals surface area contributed by atoms with Gasteiger partial charge in [0.1, 0.15) is 11.5 Å². The smallest absolute Gasteiger partial charge is 0.307 e. The van der Waals surface area contributed by atoms with E-state index < -0.39 is 11.9 Å². The summed E-state index contributed by atoms with van der Waals surface area (Å²) in [6.45, 7) is 3.28. The average molecular weight is 394 g/mol. The number of hydrogen-bond donors (Lipinski definition) is 3. The minimum absolute atomic E-state index is 0.116. The number of amides is 1. The van der Waals surface area contributed by atoms with Crippen LogP contribution in [0.1, 0.15) is 41.2 Å². The molecular formula is C22H26N4O3. The number of rotatable bonds is 5. The number of aromatic nitrogens is 1. The highest BCUT2D eigenvalue weighted by Gasteiger charge is 2.31. The van der Waals surface area contributed by atoms with Crippen molar-refractivity contribution >= 4 is 23.4 Å². The van der Waals surface area contributed by atoms with Crippen LogP contribution in [0.2, 0.25) is 0 Å². The van der Waals surface area contributed by atoms with E-state index in [9.17, 15) is 14.7 Å². The number of anilines is 2. The van der Waals surface area contributed by atoms with Crippen LogP contribution in [-0.4, -0.2) is 48.1 Å². The Hall–Kier alpha value is -2.93. The molecule has 3 heterocycles. The first-order valence-electron chi connectivity index (χ1n) is 10.2. The Morgan fingerprint density at radius 2 is 1.93 bits per heavy atom. The molecule has 2 aliphatic rings. The molecule has 2 atom stereocenters. The third-order valence-electron chi connectivity index (χ3n) is 5.77. The number of aliphatic carboxylic acids is 1. The van der Waals surface area contributed by atoms with E-state index in [4.69, 9.17) is 0 Å². The second-order valence-corrected chi connectivity index (χ2v) is 7.70. The summed E-state index contributed by atoms with van der Waals surface area (Å²) in [5.41, 5.74) is 1.94. The van der Waals surface area contributed by atoms with Crippen molar-refractivity contribution in [3.05, 3.63) is 53.7 Å². The Balaban J connectivity index is 1.50. The molecule has 7 nitrogen and oxygen atoms in total. The average Bonchev–Trinajstić information content (AvgIpc) is 3.29. The summed E-state index contributed by atoms with van der Waals surface area (Å²) in [4.78, 5) is 31.1. The Labute approximate surface area is 170 Å². The maximum Gasteiger partial charge on any atom is 0.307 e. The van der Waals surface area contributed by atoms with Crippen molar-refractivity contribution in [3.63, 3.8) is 0 Å². The van der Waals surface area contributed by atoms with Crippen molar-refractivity contribution in [2.75, 3.05) is 36.4 Å². The molecule has 152 valence electrons. The zero-order valence-corrected chi connectivity index (χ0v) is 16.3. The molecule has 2 aromatic rings. The number of carboxylic acids is 1. The van der Waals surface area contributed by atoms with E-state index in [1.54, 1.807) is 6.07 Å². The quantitative estimate of drug-likeness (QED) is 0.722. The molecule has 0 aliphatic carbocycles. The number of nitrogens with one attached hydrogen (secondary N) is 2. The number of pyridine rings is 1. The topological polar surface area (TPSA) is 94.6 Å². The van der Waals surface area contributed by atoms with Crippen LogP contribution in [-0.2, 0) is 4.79 Å². The molecule has 2 saturated heterocycles. The Morgan fingerprint density at radius 3 is 2.72 bits per heavy atom. The van der Waals surface area contributed by atoms with E-state index in [0.717, 1.165) is 37.3 Å². The molecule has 0 bridgehead atoms. The first-order chi connectivity index (χ1) is 14.1. The van der Waals surface area contributed by atoms with Crippen LogP contribution in [0.15, 0.2) is 42.5 Å². The molecule has 2 unspecified atom stereocenters. The molecule has 0 radical (unpaired) electrons. The van der Waals surface area contributed by atoms with Gasteiger partial charge in [0.15, 0.2) is 0 Å². The lowest BCUT2D eigenvalue weighted by Crippen LogP contribution is -2.38. The van der Waals surface area contributed by atoms with Gasteiger partial charge in [-0.1, -0.05) is 18.2 Å². The highest BCUT2D eigenvalue weighted by molar-refractivity contribution is 6.03. The Bertz CT molecular complexity index is 895. The summed E-state index contributed by atoms with van der Waals surface area (Å²) >= 11 is 0. The molecular weight excluding hydrogens is 368 g/mol. The third kappa shape index (κ3) is 4.40. The molecule has 7 heteroatoms. The van der Waals surface area contributed by atoms with Crippen LogP contribution in [0.4, 0.5) is 11.5 Å². The van der Waals surface area contributed by atoms with Crippen LogP contribution < -0.4 is 15.5 Å². The Kier molecular flexibility index (Phi) is 5.76. The van der Waals surface area contributed by atoms with Gasteiger partial charge < -0.3 is 20.6 Å². The molecule has 4 rings (SSSR count). The predicted molar refractivity (Wildman–Crippen MR) is 111 cm³/mol. The van der Waals surface area contributed by atoms with E-state index in [1.807, 2.05) is 36.4 Å². The summed E-state index contributed by atoms with van der Waals surface area (Å²) < 4.78 is 0. The monoisotopic (exact) mass is 394 g/mol. The largest absolute Gasteiger partial charge is 0.481 e. The van der Waals surface area contributed by atoms with Crippen molar-refractivity contribution in [1.29, 1.82) is 0 Å². The van der Waals surface area contributed by atoms with Gasteiger partial charge in [-0.2, -0.15) is 0 Å². The van der Waals surface area contributed by atoms with E-state index in [-0.39, 0.29) is 11.8 Å². The number of benzene rings is 1. The Morgan fingerprint density at radius 1 is 1.14 bits per heavy atom. The van der Waals surface area contributed by atoms with Gasteiger partial charge in [0.2, 0.25) is 0 Å². The second-order valence-electron chi connectivity index (χ2n) is 7.70. The first kappa shape index (κ1) is 19.4. The van der Waals surface area contributed by atoms with Gasteiger partial charge >= 0.3 is 5.97 Å². The maximum atomic E-state index is 12.7. The fraction of sp³-hybridized carbons (Fsp3) is 0.409. The lowest BCUT2D eigenvalue weighted by atomic mass is 9.81. The SMILES string of the molecule is O=C(Nc1cccc(C2CNCCC2C(=O)O)c1)c1cccc(N2CCCC2)n1. The summed E-state index contributed by atoms with van der Waals surface area (Å²) in [5.74, 6) is -0.731. The molecule has 0 spiro atoms. The summed E-state index contributed by atoms with van der Waals surface area (Å²) in [6, 6.07) is 13.0. The standard InChI is InChI=1S/C22H26N4O3/c27-21(19-7-4-8-20(25-19)26-11-1-2-12-26)24-16-6-3-5-15(13-16)18-14-23-10-9-17(18)22(28)29/h3-8,13,17-18,23H,1-2,9-12,14H2,(H,24,27)(H,28,29). The van der Waals surface area contributed by atoms with Crippen molar-refractivity contribution in [2.45, 2.75) is 25.2 Å². The highest BCUT2D eigenvalue weighted by atomic mass is 16.4. The van der Waals surface area contributed by atoms with Crippen molar-refractivity contribution in [2.24, 2.45) is 5.92 Å². The van der Waals surface area contributed by atoms with Gasteiger partial charge in [-0.15, -0.1) is 0 Å². The third-order valence-corrected chi connectivity index (χ3v) is 5.77. The van der Waals surface area contributed by atoms with E-state index in [2.05, 4.69) is 20.5 Å². The summed E-state index contributed by atoms with van der Waals surface area (Å²) in [5, 5.41) is 15.7. The number of carbonyl (C=O) groups excluding carboxylic acids is 1. The van der Waals surface area contributed by atoms with Crippen LogP contribution in [0.3, 0.4) is 0 Å². The molecule has 1 aromatic heterocycles. The van der Waals surface area contributed by atoms with E-state index in [0.29, 0.717) is 30.9 Å². The first-order valence-corrected chi connectivity index (χ1v) is 10.2. The zero-order chi connectivity index (χ0) is 20.2. The summed E-state index contributed by atoms with van der Waals surface area (Å²) in [6.07, 6.45) is 2.90. The number of hydrogen-bond acceptors (Lipinski definition) is 5. The van der Waals surface area contributed by atoms with Crippen LogP contribution in [0.5, 0.6) is 0 Å². The lowest BCUT2D eigenvalue weighted by molar-refractivity contribution is -0.143. The van der Waals surface area contributed by atoms with Crippen molar-refractivity contribution in [1.82, 2.24) is 10.3 Å². The predicted octanol–water partition coefficient (Wildman–Crippen LogP) is 2.71. The number of piperidine rings is 1. The van der Waals surface area contributed by atoms with Gasteiger partial charge in [-0.05, 0) is 55.6 Å². The molecule has 2 aliphatic heterocycles. The van der Waals surface area contributed by atoms with Gasteiger partial charge in [0.05, 0.1) is 5.92 Å². The van der Waals surface area contributed by atoms with Crippen LogP contribution >= 0.6 is 0 Å². The van der Waals surface area contributed by atoms with Crippen LogP contribution in [0, 0.1) is 5.92 Å². The van der Waals surface area contributed by atoms with E-state index >= 15 is 0 Å². The van der Waals surface area contributed by atoms with Gasteiger partial charge in [-0.25, -0.2) is 4.98 Å². The fourth-order valence-electron chi connectivity index (χ4n) is 4.22. The molecule has 0 saturated carbocycles. The van der Waals surface area contributed by atoms with Crippen molar-refractivity contribution in [3.8, 4) is 0 Å². The highest BCUT2D eigenvalue weighted by Crippen LogP contribution is 2.31. The molecule has 29 heavy (non-hydrogen) atoms. The molecule has 1 aromatic carbocycles. The second kappa shape index (κ2) is 8.61. The maximum absolute atomic E-state index is 12.7. The van der Waals surface area contributed by atoms with Gasteiger partial charge in [0, 0.05) is 31.2 Å². The normalized spacial score (nSPS) is 21.7.